The molecule has 2 heterocycles. The molecule has 0 fully saturated rings. The molecule has 0 aliphatic rings. The molecule has 2 aromatic heterocycles. The summed E-state index contributed by atoms with van der Waals surface area (Å²) in [6.07, 6.45) is 0.591. The van der Waals surface area contributed by atoms with E-state index in [1.54, 1.807) is 14.0 Å². The molecule has 8 nitrogen and oxygen atoms in total. The van der Waals surface area contributed by atoms with Crippen LogP contribution in [0.2, 0.25) is 0 Å². The highest BCUT2D eigenvalue weighted by molar-refractivity contribution is 7.19. The van der Waals surface area contributed by atoms with E-state index >= 15 is 0 Å². The first-order valence-electron chi connectivity index (χ1n) is 6.28. The molecule has 9 heteroatoms. The molecular weight excluding hydrogens is 294 g/mol. The minimum absolute atomic E-state index is 0.238. The number of carbonyl (C=O) groups excluding carboxylic acids is 1. The zero-order chi connectivity index (χ0) is 15.4. The van der Waals surface area contributed by atoms with Gasteiger partial charge in [-0.25, -0.2) is 0 Å². The van der Waals surface area contributed by atoms with Gasteiger partial charge in [-0.3, -0.25) is 4.79 Å². The van der Waals surface area contributed by atoms with Gasteiger partial charge in [0.25, 0.3) is 5.91 Å². The number of ether oxygens (including phenoxy) is 1. The van der Waals surface area contributed by atoms with Crippen molar-refractivity contribution in [3.05, 3.63) is 16.6 Å². The number of carbonyl (C=O) groups is 1. The summed E-state index contributed by atoms with van der Waals surface area (Å²) < 4.78 is 10.1. The number of rotatable bonds is 6. The van der Waals surface area contributed by atoms with Crippen LogP contribution in [-0.4, -0.2) is 36.8 Å². The predicted molar refractivity (Wildman–Crippen MR) is 79.9 cm³/mol. The maximum Gasteiger partial charge on any atom is 0.263 e. The lowest BCUT2D eigenvalue weighted by molar-refractivity contribution is 0.0967. The maximum absolute atomic E-state index is 11.7. The molecule has 0 atom stereocenters. The van der Waals surface area contributed by atoms with Crippen LogP contribution >= 0.6 is 11.3 Å². The molecule has 0 saturated heterocycles. The zero-order valence-corrected chi connectivity index (χ0v) is 12.8. The summed E-state index contributed by atoms with van der Waals surface area (Å²) in [5.41, 5.74) is 6.26. The summed E-state index contributed by atoms with van der Waals surface area (Å²) in [4.78, 5) is 16.3. The van der Waals surface area contributed by atoms with E-state index in [9.17, 15) is 4.79 Å². The third-order valence-corrected chi connectivity index (χ3v) is 3.88. The third-order valence-electron chi connectivity index (χ3n) is 2.74. The largest absolute Gasteiger partial charge is 0.492 e. The second-order valence-corrected chi connectivity index (χ2v) is 5.21. The van der Waals surface area contributed by atoms with Crippen molar-refractivity contribution in [3.63, 3.8) is 0 Å². The molecule has 0 aromatic carbocycles. The monoisotopic (exact) mass is 311 g/mol. The lowest BCUT2D eigenvalue weighted by atomic mass is 10.3. The fraction of sp³-hybridized carbons (Fsp3) is 0.417. The predicted octanol–water partition coefficient (Wildman–Crippen LogP) is 1.04. The summed E-state index contributed by atoms with van der Waals surface area (Å²) in [7, 11) is 3.07. The van der Waals surface area contributed by atoms with Crippen molar-refractivity contribution in [3.8, 4) is 5.75 Å². The van der Waals surface area contributed by atoms with Crippen molar-refractivity contribution < 1.29 is 14.1 Å². The minimum atomic E-state index is -0.238. The number of methoxy groups -OCH3 is 1. The summed E-state index contributed by atoms with van der Waals surface area (Å²) >= 11 is 1.25. The van der Waals surface area contributed by atoms with Crippen LogP contribution in [0, 0.1) is 6.92 Å². The van der Waals surface area contributed by atoms with E-state index in [0.717, 1.165) is 0 Å². The van der Waals surface area contributed by atoms with Gasteiger partial charge in [0.05, 0.1) is 7.11 Å². The lowest BCUT2D eigenvalue weighted by Crippen LogP contribution is -2.17. The number of aromatic nitrogens is 2. The van der Waals surface area contributed by atoms with Gasteiger partial charge in [0, 0.05) is 26.9 Å². The van der Waals surface area contributed by atoms with Crippen molar-refractivity contribution >= 4 is 27.9 Å². The van der Waals surface area contributed by atoms with Crippen LogP contribution < -0.4 is 21.1 Å². The number of amides is 1. The Labute approximate surface area is 125 Å². The number of nitrogens with two attached hydrogens (primary N) is 1. The molecule has 0 bridgehead atoms. The summed E-state index contributed by atoms with van der Waals surface area (Å²) in [5, 5.41) is 10.2. The molecule has 0 aliphatic carbocycles. The second-order valence-electron chi connectivity index (χ2n) is 4.19. The molecule has 4 N–H and O–H groups in total. The Morgan fingerprint density at radius 1 is 1.52 bits per heavy atom. The molecule has 0 saturated carbocycles. The highest BCUT2D eigenvalue weighted by Gasteiger charge is 2.21. The number of nitrogens with zero attached hydrogens (tertiary/aromatic N) is 2. The van der Waals surface area contributed by atoms with Crippen LogP contribution in [0.25, 0.3) is 0 Å². The minimum Gasteiger partial charge on any atom is -0.492 e. The number of hydrogen-bond acceptors (Lipinski definition) is 8. The number of nitrogen functional groups attached to an aromatic ring is 1. The van der Waals surface area contributed by atoms with Crippen molar-refractivity contribution in [1.82, 2.24) is 15.5 Å². The Morgan fingerprint density at radius 3 is 2.86 bits per heavy atom. The SMILES string of the molecule is CNC(=O)c1sc(NCCc2noc(C)n2)c(OC)c1N. The molecule has 0 spiro atoms. The van der Waals surface area contributed by atoms with E-state index < -0.39 is 0 Å². The standard InChI is InChI=1S/C12H17N5O3S/c1-6-16-7(17-20-6)4-5-15-12-9(19-3)8(13)10(21-12)11(18)14-2/h15H,4-5,13H2,1-3H3,(H,14,18). The van der Waals surface area contributed by atoms with Crippen LogP contribution in [0.1, 0.15) is 21.4 Å². The van der Waals surface area contributed by atoms with Crippen LogP contribution in [0.5, 0.6) is 5.75 Å². The molecular formula is C12H17N5O3S. The summed E-state index contributed by atoms with van der Waals surface area (Å²) in [5.74, 6) is 1.39. The Balaban J connectivity index is 2.07. The second kappa shape index (κ2) is 6.44. The lowest BCUT2D eigenvalue weighted by Gasteiger charge is -2.05. The van der Waals surface area contributed by atoms with E-state index in [0.29, 0.717) is 46.0 Å². The van der Waals surface area contributed by atoms with Gasteiger partial charge >= 0.3 is 0 Å². The van der Waals surface area contributed by atoms with E-state index in [-0.39, 0.29) is 5.91 Å². The summed E-state index contributed by atoms with van der Waals surface area (Å²) in [6, 6.07) is 0. The van der Waals surface area contributed by atoms with Gasteiger partial charge in [0.15, 0.2) is 11.6 Å². The van der Waals surface area contributed by atoms with Gasteiger partial charge in [0.2, 0.25) is 5.89 Å². The van der Waals surface area contributed by atoms with E-state index in [2.05, 4.69) is 20.8 Å². The molecule has 114 valence electrons. The average molecular weight is 311 g/mol. The molecule has 2 aromatic rings. The van der Waals surface area contributed by atoms with Crippen LogP contribution in [0.4, 0.5) is 10.7 Å². The van der Waals surface area contributed by atoms with Crippen LogP contribution in [0.15, 0.2) is 4.52 Å². The zero-order valence-electron chi connectivity index (χ0n) is 12.0. The van der Waals surface area contributed by atoms with Crippen molar-refractivity contribution in [2.75, 3.05) is 31.8 Å². The van der Waals surface area contributed by atoms with Crippen molar-refractivity contribution in [1.29, 1.82) is 0 Å². The fourth-order valence-electron chi connectivity index (χ4n) is 1.76. The molecule has 1 amide bonds. The topological polar surface area (TPSA) is 115 Å². The van der Waals surface area contributed by atoms with Gasteiger partial charge in [-0.15, -0.1) is 11.3 Å². The first-order chi connectivity index (χ1) is 10.1. The Bertz CT molecular complexity index is 637. The van der Waals surface area contributed by atoms with Crippen LogP contribution in [-0.2, 0) is 6.42 Å². The normalized spacial score (nSPS) is 10.4. The van der Waals surface area contributed by atoms with Crippen LogP contribution in [0.3, 0.4) is 0 Å². The Morgan fingerprint density at radius 2 is 2.29 bits per heavy atom. The molecule has 2 rings (SSSR count). The quantitative estimate of drug-likeness (QED) is 0.730. The number of thiophene rings is 1. The molecule has 0 aliphatic heterocycles. The van der Waals surface area contributed by atoms with E-state index in [4.69, 9.17) is 15.0 Å². The van der Waals surface area contributed by atoms with E-state index in [1.165, 1.54) is 18.4 Å². The average Bonchev–Trinajstić information content (AvgIpc) is 3.02. The highest BCUT2D eigenvalue weighted by Crippen LogP contribution is 2.42. The smallest absolute Gasteiger partial charge is 0.263 e. The van der Waals surface area contributed by atoms with Gasteiger partial charge in [-0.05, 0) is 0 Å². The Kier molecular flexibility index (Phi) is 4.63. The van der Waals surface area contributed by atoms with E-state index in [1.807, 2.05) is 0 Å². The van der Waals surface area contributed by atoms with Gasteiger partial charge in [-0.1, -0.05) is 5.16 Å². The number of hydrogen-bond donors (Lipinski definition) is 3. The summed E-state index contributed by atoms with van der Waals surface area (Å²) in [6.45, 7) is 2.31. The number of nitrogens with one attached hydrogen (secondary N) is 2. The fourth-order valence-corrected chi connectivity index (χ4v) is 2.82. The third kappa shape index (κ3) is 3.24. The first kappa shape index (κ1) is 15.1. The van der Waals surface area contributed by atoms with Crippen molar-refractivity contribution in [2.45, 2.75) is 13.3 Å². The van der Waals surface area contributed by atoms with Gasteiger partial charge in [-0.2, -0.15) is 4.98 Å². The van der Waals surface area contributed by atoms with Gasteiger partial charge < -0.3 is 25.6 Å². The number of aryl methyl sites for hydroxylation is 1. The van der Waals surface area contributed by atoms with Crippen molar-refractivity contribution in [2.24, 2.45) is 0 Å². The number of anilines is 2. The first-order valence-corrected chi connectivity index (χ1v) is 7.09. The maximum atomic E-state index is 11.7. The van der Waals surface area contributed by atoms with Gasteiger partial charge in [0.1, 0.15) is 15.6 Å². The molecule has 0 unspecified atom stereocenters. The molecule has 0 radical (unpaired) electrons. The molecule has 21 heavy (non-hydrogen) atoms. The highest BCUT2D eigenvalue weighted by atomic mass is 32.1. The Hall–Kier alpha value is -2.29.